The molecule has 2 atom stereocenters. The van der Waals surface area contributed by atoms with Gasteiger partial charge < -0.3 is 19.3 Å². The zero-order valence-corrected chi connectivity index (χ0v) is 20.9. The van der Waals surface area contributed by atoms with Gasteiger partial charge in [-0.2, -0.15) is 4.80 Å². The molecule has 0 radical (unpaired) electrons. The van der Waals surface area contributed by atoms with Crippen LogP contribution >= 0.6 is 11.6 Å². The van der Waals surface area contributed by atoms with Crippen molar-refractivity contribution in [2.75, 3.05) is 14.2 Å². The number of ether oxygens (including phenoxy) is 3. The first kappa shape index (κ1) is 24.7. The van der Waals surface area contributed by atoms with Crippen molar-refractivity contribution in [2.24, 2.45) is 0 Å². The van der Waals surface area contributed by atoms with Gasteiger partial charge in [0.15, 0.2) is 17.3 Å². The average Bonchev–Trinajstić information content (AvgIpc) is 3.29. The van der Waals surface area contributed by atoms with E-state index in [4.69, 9.17) is 30.9 Å². The molecule has 2 aromatic heterocycles. The molecular weight excluding hydrogens is 498 g/mol. The monoisotopic (exact) mass is 521 g/mol. The van der Waals surface area contributed by atoms with Crippen LogP contribution in [0.25, 0.3) is 11.1 Å². The molecule has 0 saturated heterocycles. The van der Waals surface area contributed by atoms with Crippen LogP contribution in [0.1, 0.15) is 41.1 Å². The number of tetrazole rings is 1. The lowest BCUT2D eigenvalue weighted by molar-refractivity contribution is -0.136. The molecule has 1 aliphatic heterocycles. The second-order valence-corrected chi connectivity index (χ2v) is 8.88. The summed E-state index contributed by atoms with van der Waals surface area (Å²) in [6.45, 7) is 0.352. The van der Waals surface area contributed by atoms with E-state index in [-0.39, 0.29) is 12.2 Å². The van der Waals surface area contributed by atoms with E-state index in [2.05, 4.69) is 20.4 Å². The molecule has 0 fully saturated rings. The van der Waals surface area contributed by atoms with Crippen LogP contribution in [0.15, 0.2) is 54.9 Å². The number of hydrogen-bond acceptors (Lipinski definition) is 8. The number of carbonyl (C=O) groups is 1. The van der Waals surface area contributed by atoms with Crippen molar-refractivity contribution < 1.29 is 24.1 Å². The van der Waals surface area contributed by atoms with Crippen molar-refractivity contribution >= 4 is 17.6 Å². The minimum Gasteiger partial charge on any atom is -0.493 e. The van der Waals surface area contributed by atoms with Crippen molar-refractivity contribution in [3.05, 3.63) is 82.4 Å². The second kappa shape index (κ2) is 10.5. The molecule has 1 aliphatic rings. The molecule has 0 aliphatic carbocycles. The number of carboxylic acid groups (broad SMARTS) is 1. The van der Waals surface area contributed by atoms with E-state index in [0.29, 0.717) is 29.5 Å². The number of benzene rings is 2. The van der Waals surface area contributed by atoms with Gasteiger partial charge in [0.25, 0.3) is 0 Å². The number of fused-ring (bicyclic) bond motifs is 3. The Kier molecular flexibility index (Phi) is 7.02. The molecule has 4 aromatic rings. The number of aliphatic carboxylic acids is 1. The minimum atomic E-state index is -1.02. The van der Waals surface area contributed by atoms with Gasteiger partial charge in [-0.15, -0.1) is 10.2 Å². The lowest BCUT2D eigenvalue weighted by atomic mass is 9.91. The summed E-state index contributed by atoms with van der Waals surface area (Å²) in [7, 11) is 3.19. The van der Waals surface area contributed by atoms with E-state index in [1.54, 1.807) is 26.6 Å². The van der Waals surface area contributed by atoms with Crippen molar-refractivity contribution in [1.29, 1.82) is 0 Å². The van der Waals surface area contributed by atoms with Gasteiger partial charge in [0.05, 0.1) is 26.9 Å². The normalized spacial score (nSPS) is 16.4. The molecule has 0 spiro atoms. The van der Waals surface area contributed by atoms with Gasteiger partial charge in [-0.25, -0.2) is 0 Å². The Morgan fingerprint density at radius 3 is 2.73 bits per heavy atom. The van der Waals surface area contributed by atoms with Gasteiger partial charge in [0.2, 0.25) is 0 Å². The Morgan fingerprint density at radius 2 is 1.95 bits per heavy atom. The van der Waals surface area contributed by atoms with Gasteiger partial charge in [-0.05, 0) is 52.6 Å². The van der Waals surface area contributed by atoms with E-state index in [1.807, 2.05) is 42.5 Å². The molecule has 10 nitrogen and oxygen atoms in total. The number of aromatic nitrogens is 5. The highest BCUT2D eigenvalue weighted by molar-refractivity contribution is 6.30. The SMILES string of the molecule is COc1cccc(C2OC(CCn3nnc(CC(=O)O)n3)c3cnccc3-c3ccc(Cl)cc32)c1OC. The number of methoxy groups -OCH3 is 2. The van der Waals surface area contributed by atoms with E-state index < -0.39 is 18.2 Å². The van der Waals surface area contributed by atoms with Crippen LogP contribution in [0.3, 0.4) is 0 Å². The third-order valence-corrected chi connectivity index (χ3v) is 6.43. The summed E-state index contributed by atoms with van der Waals surface area (Å²) >= 11 is 6.47. The maximum atomic E-state index is 11.0. The number of halogens is 1. The summed E-state index contributed by atoms with van der Waals surface area (Å²) < 4.78 is 18.1. The topological polar surface area (TPSA) is 121 Å². The first-order valence-corrected chi connectivity index (χ1v) is 11.9. The molecule has 5 rings (SSSR count). The smallest absolute Gasteiger partial charge is 0.311 e. The number of carboxylic acids is 1. The number of pyridine rings is 1. The van der Waals surface area contributed by atoms with Gasteiger partial charge in [-0.1, -0.05) is 29.8 Å². The zero-order valence-electron chi connectivity index (χ0n) is 20.2. The largest absolute Gasteiger partial charge is 0.493 e. The Bertz CT molecular complexity index is 1440. The molecule has 2 unspecified atom stereocenters. The van der Waals surface area contributed by atoms with Crippen LogP contribution < -0.4 is 9.47 Å². The number of nitrogens with zero attached hydrogens (tertiary/aromatic N) is 5. The Morgan fingerprint density at radius 1 is 1.11 bits per heavy atom. The van der Waals surface area contributed by atoms with Crippen LogP contribution in [0.5, 0.6) is 11.5 Å². The fraction of sp³-hybridized carbons (Fsp3) is 0.269. The highest BCUT2D eigenvalue weighted by atomic mass is 35.5. The Balaban J connectivity index is 1.58. The number of aryl methyl sites for hydroxylation is 1. The van der Waals surface area contributed by atoms with Crippen LogP contribution in [-0.4, -0.2) is 50.5 Å². The fourth-order valence-electron chi connectivity index (χ4n) is 4.61. The predicted octanol–water partition coefficient (Wildman–Crippen LogP) is 4.28. The van der Waals surface area contributed by atoms with E-state index in [9.17, 15) is 4.79 Å². The average molecular weight is 522 g/mol. The van der Waals surface area contributed by atoms with Crippen molar-refractivity contribution in [3.8, 4) is 22.6 Å². The maximum absolute atomic E-state index is 11.0. The molecule has 1 N–H and O–H groups in total. The summed E-state index contributed by atoms with van der Waals surface area (Å²) in [4.78, 5) is 16.7. The predicted molar refractivity (Wildman–Crippen MR) is 134 cm³/mol. The van der Waals surface area contributed by atoms with Crippen molar-refractivity contribution in [1.82, 2.24) is 25.2 Å². The number of para-hydroxylation sites is 1. The molecule has 2 aromatic carbocycles. The highest BCUT2D eigenvalue weighted by Crippen LogP contribution is 2.48. The van der Waals surface area contributed by atoms with Crippen molar-refractivity contribution in [3.63, 3.8) is 0 Å². The second-order valence-electron chi connectivity index (χ2n) is 8.44. The van der Waals surface area contributed by atoms with Crippen LogP contribution in [0, 0.1) is 0 Å². The quantitative estimate of drug-likeness (QED) is 0.362. The summed E-state index contributed by atoms with van der Waals surface area (Å²) in [6.07, 6.45) is 2.78. The zero-order chi connectivity index (χ0) is 25.9. The van der Waals surface area contributed by atoms with Crippen molar-refractivity contribution in [2.45, 2.75) is 31.6 Å². The molecule has 11 heteroatoms. The summed E-state index contributed by atoms with van der Waals surface area (Å²) in [5.41, 5.74) is 4.53. The lowest BCUT2D eigenvalue weighted by Crippen LogP contribution is -2.15. The molecule has 190 valence electrons. The van der Waals surface area contributed by atoms with Gasteiger partial charge in [0, 0.05) is 28.5 Å². The first-order valence-electron chi connectivity index (χ1n) is 11.6. The Labute approximate surface area is 217 Å². The van der Waals surface area contributed by atoms with Crippen LogP contribution in [0.4, 0.5) is 0 Å². The fourth-order valence-corrected chi connectivity index (χ4v) is 4.79. The summed E-state index contributed by atoms with van der Waals surface area (Å²) in [5.74, 6) is 0.292. The number of hydrogen-bond donors (Lipinski definition) is 1. The third-order valence-electron chi connectivity index (χ3n) is 6.20. The van der Waals surface area contributed by atoms with Gasteiger partial charge in [0.1, 0.15) is 12.5 Å². The molecule has 0 saturated carbocycles. The number of rotatable bonds is 8. The first-order chi connectivity index (χ1) is 18.0. The van der Waals surface area contributed by atoms with E-state index in [0.717, 1.165) is 27.8 Å². The molecular formula is C26H24ClN5O5. The summed E-state index contributed by atoms with van der Waals surface area (Å²) in [6, 6.07) is 13.4. The third kappa shape index (κ3) is 4.98. The van der Waals surface area contributed by atoms with Crippen LogP contribution in [0.2, 0.25) is 5.02 Å². The maximum Gasteiger partial charge on any atom is 0.311 e. The van der Waals surface area contributed by atoms with Gasteiger partial charge in [-0.3, -0.25) is 9.78 Å². The molecule has 0 bridgehead atoms. The molecule has 3 heterocycles. The highest BCUT2D eigenvalue weighted by Gasteiger charge is 2.33. The molecule has 37 heavy (non-hydrogen) atoms. The van der Waals surface area contributed by atoms with E-state index >= 15 is 0 Å². The summed E-state index contributed by atoms with van der Waals surface area (Å²) in [5, 5.41) is 21.6. The molecule has 0 amide bonds. The standard InChI is InChI=1S/C26H24ClN5O5/c1-35-22-5-3-4-18(26(22)36-2)25-19-12-15(27)6-7-16(19)17-8-10-28-14-20(17)21(37-25)9-11-32-30-23(29-31-32)13-24(33)34/h3-8,10,12,14,21,25H,9,11,13H2,1-2H3,(H,33,34). The van der Waals surface area contributed by atoms with Gasteiger partial charge >= 0.3 is 5.97 Å². The Hall–Kier alpha value is -4.02. The van der Waals surface area contributed by atoms with Crippen LogP contribution in [-0.2, 0) is 22.5 Å². The van der Waals surface area contributed by atoms with E-state index in [1.165, 1.54) is 4.80 Å². The lowest BCUT2D eigenvalue weighted by Gasteiger charge is -2.26. The minimum absolute atomic E-state index is 0.150.